The van der Waals surface area contributed by atoms with Crippen LogP contribution in [-0.4, -0.2) is 63.1 Å². The molecule has 0 saturated carbocycles. The number of hydrogen-bond acceptors (Lipinski definition) is 5. The molecule has 1 aromatic heterocycles. The second-order valence-electron chi connectivity index (χ2n) is 7.94. The monoisotopic (exact) mass is 518 g/mol. The normalized spacial score (nSPS) is 13.7. The van der Waals surface area contributed by atoms with Crippen LogP contribution in [-0.2, 0) is 17.8 Å². The molecule has 3 aromatic rings. The van der Waals surface area contributed by atoms with Crippen molar-refractivity contribution in [2.75, 3.05) is 13.1 Å². The Bertz CT molecular complexity index is 1360. The number of primary amides is 1. The molecule has 35 heavy (non-hydrogen) atoms. The van der Waals surface area contributed by atoms with Crippen LogP contribution in [0.3, 0.4) is 0 Å². The van der Waals surface area contributed by atoms with Gasteiger partial charge in [0, 0.05) is 24.0 Å². The van der Waals surface area contributed by atoms with Crippen molar-refractivity contribution in [3.05, 3.63) is 62.8 Å². The number of H-pyrrole nitrogens is 1. The van der Waals surface area contributed by atoms with Crippen LogP contribution < -0.4 is 16.4 Å². The molecule has 0 aliphatic carbocycles. The minimum Gasteiger partial charge on any atom is -0.480 e. The number of hydrogen-bond donors (Lipinski definition) is 5. The number of carbonyl (C=O) groups is 4. The molecule has 1 aliphatic heterocycles. The topological polar surface area (TPSA) is 171 Å². The Morgan fingerprint density at radius 3 is 2.71 bits per heavy atom. The minimum atomic E-state index is -1.45. The molecule has 0 bridgehead atoms. The van der Waals surface area contributed by atoms with E-state index in [-0.39, 0.29) is 28.1 Å². The lowest BCUT2D eigenvalue weighted by Crippen LogP contribution is -2.49. The van der Waals surface area contributed by atoms with Crippen molar-refractivity contribution in [3.63, 3.8) is 0 Å². The number of nitrogens with one attached hydrogen (secondary N) is 3. The van der Waals surface area contributed by atoms with Crippen LogP contribution in [0.4, 0.5) is 4.79 Å². The summed E-state index contributed by atoms with van der Waals surface area (Å²) in [4.78, 5) is 49.9. The van der Waals surface area contributed by atoms with Gasteiger partial charge in [0.25, 0.3) is 11.8 Å². The lowest BCUT2D eigenvalue weighted by atomic mass is 9.96. The largest absolute Gasteiger partial charge is 0.480 e. The number of carbonyl (C=O) groups excluding carboxylic acids is 3. The van der Waals surface area contributed by atoms with Gasteiger partial charge in [-0.15, -0.1) is 0 Å². The zero-order chi connectivity index (χ0) is 25.3. The molecule has 1 atom stereocenters. The molecule has 6 N–H and O–H groups in total. The van der Waals surface area contributed by atoms with E-state index in [1.807, 2.05) is 6.07 Å². The molecule has 0 spiro atoms. The molecule has 2 heterocycles. The third-order valence-electron chi connectivity index (χ3n) is 5.69. The van der Waals surface area contributed by atoms with Crippen molar-refractivity contribution in [1.82, 2.24) is 25.7 Å². The zero-order valence-electron chi connectivity index (χ0n) is 18.1. The first kappa shape index (κ1) is 24.3. The third kappa shape index (κ3) is 5.00. The number of carboxylic acid groups (broad SMARTS) is 1. The van der Waals surface area contributed by atoms with Crippen LogP contribution in [0, 0.1) is 0 Å². The maximum absolute atomic E-state index is 13.1. The quantitative estimate of drug-likeness (QED) is 0.333. The van der Waals surface area contributed by atoms with Crippen LogP contribution in [0.15, 0.2) is 30.5 Å². The number of aromatic nitrogens is 2. The lowest BCUT2D eigenvalue weighted by molar-refractivity contribution is -0.139. The van der Waals surface area contributed by atoms with Gasteiger partial charge < -0.3 is 26.4 Å². The summed E-state index contributed by atoms with van der Waals surface area (Å²) in [5, 5.41) is 21.5. The number of aromatic amines is 1. The number of amides is 4. The summed E-state index contributed by atoms with van der Waals surface area (Å²) >= 11 is 12.9. The van der Waals surface area contributed by atoms with Gasteiger partial charge in [-0.05, 0) is 35.7 Å². The number of nitrogens with two attached hydrogens (primary N) is 1. The Labute approximate surface area is 208 Å². The number of urea groups is 1. The van der Waals surface area contributed by atoms with Crippen molar-refractivity contribution in [2.24, 2.45) is 5.73 Å². The summed E-state index contributed by atoms with van der Waals surface area (Å²) in [6, 6.07) is 4.45. The molecule has 182 valence electrons. The fourth-order valence-corrected chi connectivity index (χ4v) is 4.68. The fourth-order valence-electron chi connectivity index (χ4n) is 3.92. The van der Waals surface area contributed by atoms with E-state index in [1.165, 1.54) is 0 Å². The Morgan fingerprint density at radius 2 is 2.00 bits per heavy atom. The highest BCUT2D eigenvalue weighted by molar-refractivity contribution is 6.40. The summed E-state index contributed by atoms with van der Waals surface area (Å²) < 4.78 is 0. The number of benzene rings is 2. The predicted molar refractivity (Wildman–Crippen MR) is 127 cm³/mol. The lowest BCUT2D eigenvalue weighted by Gasteiger charge is -2.30. The van der Waals surface area contributed by atoms with E-state index in [0.29, 0.717) is 29.7 Å². The third-order valence-corrected chi connectivity index (χ3v) is 6.41. The smallest absolute Gasteiger partial charge is 0.328 e. The second-order valence-corrected chi connectivity index (χ2v) is 8.73. The second kappa shape index (κ2) is 9.80. The molecule has 0 fully saturated rings. The van der Waals surface area contributed by atoms with E-state index >= 15 is 0 Å². The highest BCUT2D eigenvalue weighted by Crippen LogP contribution is 2.35. The first-order valence-electron chi connectivity index (χ1n) is 10.4. The number of carboxylic acids is 1. The van der Waals surface area contributed by atoms with Crippen LogP contribution in [0.5, 0.6) is 0 Å². The van der Waals surface area contributed by atoms with Crippen molar-refractivity contribution >= 4 is 57.9 Å². The van der Waals surface area contributed by atoms with Gasteiger partial charge in [0.05, 0.1) is 33.9 Å². The minimum absolute atomic E-state index is 0.00595. The SMILES string of the molecule is NC(=O)NC[C@H](NC(=O)c1c(Cl)cc2c(c1Cl)CCN(C(=O)c1ccc3cn[nH]c3c1)C2)C(=O)O. The first-order valence-corrected chi connectivity index (χ1v) is 11.2. The maximum atomic E-state index is 13.1. The molecule has 2 aromatic carbocycles. The van der Waals surface area contributed by atoms with Gasteiger partial charge in [0.1, 0.15) is 6.04 Å². The fraction of sp³-hybridized carbons (Fsp3) is 0.227. The molecule has 1 aliphatic rings. The highest BCUT2D eigenvalue weighted by atomic mass is 35.5. The summed E-state index contributed by atoms with van der Waals surface area (Å²) in [7, 11) is 0. The van der Waals surface area contributed by atoms with Gasteiger partial charge in [0.2, 0.25) is 0 Å². The van der Waals surface area contributed by atoms with Crippen molar-refractivity contribution < 1.29 is 24.3 Å². The summed E-state index contributed by atoms with van der Waals surface area (Å²) in [6.45, 7) is 0.171. The zero-order valence-corrected chi connectivity index (χ0v) is 19.6. The van der Waals surface area contributed by atoms with Crippen molar-refractivity contribution in [2.45, 2.75) is 19.0 Å². The molecule has 0 saturated heterocycles. The van der Waals surface area contributed by atoms with Crippen LogP contribution in [0.2, 0.25) is 10.0 Å². The summed E-state index contributed by atoms with van der Waals surface area (Å²) in [5.41, 5.74) is 7.47. The molecule has 0 radical (unpaired) electrons. The highest BCUT2D eigenvalue weighted by Gasteiger charge is 2.29. The van der Waals surface area contributed by atoms with Gasteiger partial charge >= 0.3 is 12.0 Å². The standard InChI is InChI=1S/C22H20Cl2N6O5/c23-14-5-12-9-30(20(32)10-1-2-11-7-27-29-15(11)6-10)4-3-13(12)18(24)17(14)19(31)28-16(21(33)34)8-26-22(25)35/h1-2,5-7,16H,3-4,8-9H2,(H,27,29)(H,28,31)(H,33,34)(H3,25,26,35)/t16-/m0/s1. The number of aliphatic carboxylic acids is 1. The van der Waals surface area contributed by atoms with Gasteiger partial charge in [-0.3, -0.25) is 14.7 Å². The van der Waals surface area contributed by atoms with E-state index in [2.05, 4.69) is 20.8 Å². The van der Waals surface area contributed by atoms with Gasteiger partial charge in [-0.2, -0.15) is 5.10 Å². The first-order chi connectivity index (χ1) is 16.7. The average Bonchev–Trinajstić information content (AvgIpc) is 3.28. The summed E-state index contributed by atoms with van der Waals surface area (Å²) in [6.07, 6.45) is 2.04. The molecule has 0 unspecified atom stereocenters. The molecule has 13 heteroatoms. The van der Waals surface area contributed by atoms with Crippen molar-refractivity contribution in [3.8, 4) is 0 Å². The van der Waals surface area contributed by atoms with Crippen molar-refractivity contribution in [1.29, 1.82) is 0 Å². The van der Waals surface area contributed by atoms with E-state index in [0.717, 1.165) is 10.9 Å². The Kier molecular flexibility index (Phi) is 6.81. The molecule has 11 nitrogen and oxygen atoms in total. The molecular weight excluding hydrogens is 499 g/mol. The van der Waals surface area contributed by atoms with Crippen LogP contribution in [0.1, 0.15) is 31.8 Å². The Morgan fingerprint density at radius 1 is 1.23 bits per heavy atom. The molecular formula is C22H20Cl2N6O5. The Hall–Kier alpha value is -3.83. The number of fused-ring (bicyclic) bond motifs is 2. The number of halogens is 2. The van der Waals surface area contributed by atoms with Gasteiger partial charge in [-0.1, -0.05) is 29.3 Å². The molecule has 4 amide bonds. The van der Waals surface area contributed by atoms with E-state index < -0.39 is 30.5 Å². The predicted octanol–water partition coefficient (Wildman–Crippen LogP) is 1.92. The van der Waals surface area contributed by atoms with Gasteiger partial charge in [-0.25, -0.2) is 9.59 Å². The van der Waals surface area contributed by atoms with Crippen LogP contribution >= 0.6 is 23.2 Å². The van der Waals surface area contributed by atoms with E-state index in [9.17, 15) is 24.3 Å². The average molecular weight is 519 g/mol. The van der Waals surface area contributed by atoms with E-state index in [4.69, 9.17) is 28.9 Å². The van der Waals surface area contributed by atoms with Crippen LogP contribution in [0.25, 0.3) is 10.9 Å². The van der Waals surface area contributed by atoms with E-state index in [1.54, 1.807) is 29.3 Å². The maximum Gasteiger partial charge on any atom is 0.328 e. The summed E-state index contributed by atoms with van der Waals surface area (Å²) in [5.74, 6) is -2.36. The molecule has 4 rings (SSSR count). The number of nitrogens with zero attached hydrogens (tertiary/aromatic N) is 2. The number of rotatable bonds is 6. The van der Waals surface area contributed by atoms with Gasteiger partial charge in [0.15, 0.2) is 0 Å². The Balaban J connectivity index is 1.54.